The minimum absolute atomic E-state index is 1.44. The molecule has 1 heteroatoms. The van der Waals surface area contributed by atoms with Crippen molar-refractivity contribution in [1.82, 2.24) is 0 Å². The Hall–Kier alpha value is -0.720. The highest BCUT2D eigenvalue weighted by molar-refractivity contribution is 4.93. The van der Waals surface area contributed by atoms with Gasteiger partial charge in [0.05, 0.1) is 0 Å². The summed E-state index contributed by atoms with van der Waals surface area (Å²) in [5, 5.41) is 0. The minimum atomic E-state index is 1.44. The molecule has 0 saturated heterocycles. The Morgan fingerprint density at radius 3 is 2.20 bits per heavy atom. The molecule has 2 N–H and O–H groups in total. The highest BCUT2D eigenvalue weighted by atomic mass is 14.5. The molecule has 0 saturated carbocycles. The van der Waals surface area contributed by atoms with Crippen LogP contribution in [0.4, 0.5) is 0 Å². The lowest BCUT2D eigenvalue weighted by Gasteiger charge is -1.58. The molecule has 0 amide bonds. The van der Waals surface area contributed by atoms with Crippen molar-refractivity contribution in [2.75, 3.05) is 0 Å². The predicted octanol–water partition coefficient (Wildman–Crippen LogP) is 0.645. The molecule has 0 aliphatic rings. The van der Waals surface area contributed by atoms with Gasteiger partial charge in [-0.25, -0.2) is 0 Å². The second-order valence-corrected chi connectivity index (χ2v) is 0.621. The summed E-state index contributed by atoms with van der Waals surface area (Å²) in [5.74, 6) is 0. The van der Waals surface area contributed by atoms with Gasteiger partial charge >= 0.3 is 0 Å². The Balaban J connectivity index is 2.92. The van der Waals surface area contributed by atoms with Crippen LogP contribution in [0.1, 0.15) is 0 Å². The summed E-state index contributed by atoms with van der Waals surface area (Å²) in [6.45, 7) is 3.38. The van der Waals surface area contributed by atoms with Gasteiger partial charge in [-0.15, -0.1) is 0 Å². The SMILES string of the molecule is C=C/C=C\N. The normalized spacial score (nSPS) is 8.80. The lowest BCUT2D eigenvalue weighted by molar-refractivity contribution is 1.61. The Kier molecular flexibility index (Phi) is 2.81. The second kappa shape index (κ2) is 3.28. The molecular weight excluding hydrogens is 62.1 g/mol. The zero-order valence-electron chi connectivity index (χ0n) is 3.02. The minimum Gasteiger partial charge on any atom is -0.405 e. The lowest BCUT2D eigenvalue weighted by Crippen LogP contribution is -1.71. The van der Waals surface area contributed by atoms with Crippen molar-refractivity contribution in [3.05, 3.63) is 24.9 Å². The Labute approximate surface area is 31.8 Å². The van der Waals surface area contributed by atoms with Gasteiger partial charge in [-0.3, -0.25) is 0 Å². The largest absolute Gasteiger partial charge is 0.405 e. The highest BCUT2D eigenvalue weighted by Crippen LogP contribution is 1.58. The van der Waals surface area contributed by atoms with Crippen molar-refractivity contribution in [2.24, 2.45) is 5.73 Å². The van der Waals surface area contributed by atoms with Gasteiger partial charge in [-0.2, -0.15) is 0 Å². The molecular formula is C4H7N. The predicted molar refractivity (Wildman–Crippen MR) is 23.5 cm³/mol. The zero-order valence-corrected chi connectivity index (χ0v) is 3.02. The molecule has 0 atom stereocenters. The molecule has 5 heavy (non-hydrogen) atoms. The smallest absolute Gasteiger partial charge is 0.00626 e. The summed E-state index contributed by atoms with van der Waals surface area (Å²) in [6, 6.07) is 0. The molecule has 0 heterocycles. The van der Waals surface area contributed by atoms with E-state index in [1.54, 1.807) is 12.2 Å². The fourth-order valence-corrected chi connectivity index (χ4v) is 0.0786. The first-order valence-electron chi connectivity index (χ1n) is 1.41. The van der Waals surface area contributed by atoms with E-state index in [0.717, 1.165) is 0 Å². The van der Waals surface area contributed by atoms with E-state index in [9.17, 15) is 0 Å². The molecule has 0 radical (unpaired) electrons. The van der Waals surface area contributed by atoms with E-state index < -0.39 is 0 Å². The topological polar surface area (TPSA) is 26.0 Å². The van der Waals surface area contributed by atoms with E-state index in [2.05, 4.69) is 6.58 Å². The van der Waals surface area contributed by atoms with Crippen LogP contribution in [0.25, 0.3) is 0 Å². The molecule has 0 rings (SSSR count). The van der Waals surface area contributed by atoms with E-state index >= 15 is 0 Å². The van der Waals surface area contributed by atoms with Crippen LogP contribution in [-0.4, -0.2) is 0 Å². The Morgan fingerprint density at radius 2 is 2.20 bits per heavy atom. The van der Waals surface area contributed by atoms with Crippen molar-refractivity contribution in [3.8, 4) is 0 Å². The van der Waals surface area contributed by atoms with Crippen molar-refractivity contribution >= 4 is 0 Å². The average Bonchev–Trinajstić information content (AvgIpc) is 1.41. The van der Waals surface area contributed by atoms with Crippen molar-refractivity contribution in [3.63, 3.8) is 0 Å². The maximum atomic E-state index is 4.89. The monoisotopic (exact) mass is 69.1 g/mol. The lowest BCUT2D eigenvalue weighted by atomic mass is 10.6. The van der Waals surface area contributed by atoms with Crippen LogP contribution >= 0.6 is 0 Å². The number of rotatable bonds is 1. The summed E-state index contributed by atoms with van der Waals surface area (Å²) >= 11 is 0. The van der Waals surface area contributed by atoms with Crippen LogP contribution in [0.15, 0.2) is 24.9 Å². The van der Waals surface area contributed by atoms with E-state index in [4.69, 9.17) is 5.73 Å². The fourth-order valence-electron chi connectivity index (χ4n) is 0.0786. The first-order chi connectivity index (χ1) is 2.41. The molecule has 0 aromatic heterocycles. The van der Waals surface area contributed by atoms with E-state index in [1.165, 1.54) is 6.20 Å². The third-order valence-electron chi connectivity index (χ3n) is 0.247. The number of hydrogen-bond donors (Lipinski definition) is 1. The van der Waals surface area contributed by atoms with Gasteiger partial charge in [0, 0.05) is 0 Å². The summed E-state index contributed by atoms with van der Waals surface area (Å²) in [5.41, 5.74) is 4.89. The molecule has 0 fully saturated rings. The number of nitrogens with two attached hydrogens (primary N) is 1. The third-order valence-corrected chi connectivity index (χ3v) is 0.247. The summed E-state index contributed by atoms with van der Waals surface area (Å²) in [7, 11) is 0. The van der Waals surface area contributed by atoms with E-state index in [0.29, 0.717) is 0 Å². The highest BCUT2D eigenvalue weighted by Gasteiger charge is 1.41. The van der Waals surface area contributed by atoms with Gasteiger partial charge < -0.3 is 5.73 Å². The van der Waals surface area contributed by atoms with Gasteiger partial charge in [0.25, 0.3) is 0 Å². The molecule has 0 aromatic carbocycles. The maximum absolute atomic E-state index is 4.89. The fraction of sp³-hybridized carbons (Fsp3) is 0. The zero-order chi connectivity index (χ0) is 4.12. The maximum Gasteiger partial charge on any atom is -0.00626 e. The van der Waals surface area contributed by atoms with Crippen LogP contribution in [0.5, 0.6) is 0 Å². The average molecular weight is 69.1 g/mol. The second-order valence-electron chi connectivity index (χ2n) is 0.621. The van der Waals surface area contributed by atoms with Crippen LogP contribution in [0.2, 0.25) is 0 Å². The van der Waals surface area contributed by atoms with Crippen molar-refractivity contribution in [1.29, 1.82) is 0 Å². The van der Waals surface area contributed by atoms with Gasteiger partial charge in [0.15, 0.2) is 0 Å². The standard InChI is InChI=1S/C4H7N/c1-2-3-4-5/h2-4H,1,5H2/b4-3-. The van der Waals surface area contributed by atoms with Crippen molar-refractivity contribution in [2.45, 2.75) is 0 Å². The van der Waals surface area contributed by atoms with Crippen LogP contribution < -0.4 is 5.73 Å². The molecule has 0 unspecified atom stereocenters. The number of allylic oxidation sites excluding steroid dienone is 2. The van der Waals surface area contributed by atoms with Gasteiger partial charge in [0.1, 0.15) is 0 Å². The third kappa shape index (κ3) is 3.28. The van der Waals surface area contributed by atoms with E-state index in [1.807, 2.05) is 0 Å². The van der Waals surface area contributed by atoms with Crippen LogP contribution in [0.3, 0.4) is 0 Å². The number of hydrogen-bond acceptors (Lipinski definition) is 1. The molecule has 0 bridgehead atoms. The first kappa shape index (κ1) is 4.28. The Morgan fingerprint density at radius 1 is 1.60 bits per heavy atom. The van der Waals surface area contributed by atoms with Crippen LogP contribution in [-0.2, 0) is 0 Å². The van der Waals surface area contributed by atoms with E-state index in [-0.39, 0.29) is 0 Å². The van der Waals surface area contributed by atoms with Crippen LogP contribution in [0, 0.1) is 0 Å². The molecule has 0 aliphatic heterocycles. The van der Waals surface area contributed by atoms with Gasteiger partial charge in [-0.05, 0) is 12.3 Å². The first-order valence-corrected chi connectivity index (χ1v) is 1.41. The van der Waals surface area contributed by atoms with Crippen molar-refractivity contribution < 1.29 is 0 Å². The Bertz CT molecular complexity index is 45.6. The molecule has 0 spiro atoms. The summed E-state index contributed by atoms with van der Waals surface area (Å²) < 4.78 is 0. The molecule has 1 nitrogen and oxygen atoms in total. The summed E-state index contributed by atoms with van der Waals surface area (Å²) in [6.07, 6.45) is 4.73. The molecule has 0 aromatic rings. The molecule has 28 valence electrons. The summed E-state index contributed by atoms with van der Waals surface area (Å²) in [4.78, 5) is 0. The van der Waals surface area contributed by atoms with Gasteiger partial charge in [0.2, 0.25) is 0 Å². The molecule has 0 aliphatic carbocycles. The quantitative estimate of drug-likeness (QED) is 0.449. The van der Waals surface area contributed by atoms with Gasteiger partial charge in [-0.1, -0.05) is 12.7 Å².